The molecule has 2 rings (SSSR count). The lowest BCUT2D eigenvalue weighted by Crippen LogP contribution is -2.38. The highest BCUT2D eigenvalue weighted by molar-refractivity contribution is 6.30. The molecule has 0 amide bonds. The van der Waals surface area contributed by atoms with Crippen LogP contribution >= 0.6 is 11.6 Å². The lowest BCUT2D eigenvalue weighted by atomic mass is 10.1. The molecule has 1 aromatic carbocycles. The summed E-state index contributed by atoms with van der Waals surface area (Å²) in [6.07, 6.45) is 3.08. The fraction of sp³-hybridized carbons (Fsp3) is 0.474. The highest BCUT2D eigenvalue weighted by Gasteiger charge is 2.01. The molecule has 0 aliphatic heterocycles. The molecule has 0 aliphatic carbocycles. The third kappa shape index (κ3) is 6.78. The number of aromatic nitrogens is 2. The van der Waals surface area contributed by atoms with Gasteiger partial charge in [-0.3, -0.25) is 9.67 Å². The van der Waals surface area contributed by atoms with Crippen molar-refractivity contribution in [2.24, 2.45) is 4.99 Å². The molecule has 1 heterocycles. The lowest BCUT2D eigenvalue weighted by molar-refractivity contribution is 0.555. The molecular formula is C19H28ClN5. The molecule has 2 N–H and O–H groups in total. The summed E-state index contributed by atoms with van der Waals surface area (Å²) in [4.78, 5) is 4.26. The zero-order chi connectivity index (χ0) is 18.1. The summed E-state index contributed by atoms with van der Waals surface area (Å²) in [5.74, 6) is 0.851. The monoisotopic (exact) mass is 361 g/mol. The van der Waals surface area contributed by atoms with Crippen molar-refractivity contribution in [1.82, 2.24) is 20.4 Å². The SMILES string of the molecule is CN=C(NCCCc1ccc(Cl)cc1)NCCCn1nc(C)cc1C. The average Bonchev–Trinajstić information content (AvgIpc) is 2.92. The second kappa shape index (κ2) is 10.1. The third-order valence-electron chi connectivity index (χ3n) is 4.01. The molecule has 0 aliphatic rings. The van der Waals surface area contributed by atoms with E-state index in [9.17, 15) is 0 Å². The molecule has 0 spiro atoms. The molecule has 0 saturated heterocycles. The van der Waals surface area contributed by atoms with Crippen LogP contribution in [0.5, 0.6) is 0 Å². The van der Waals surface area contributed by atoms with Crippen molar-refractivity contribution in [2.75, 3.05) is 20.1 Å². The number of nitrogens with zero attached hydrogens (tertiary/aromatic N) is 3. The number of nitrogens with one attached hydrogen (secondary N) is 2. The molecular weight excluding hydrogens is 334 g/mol. The summed E-state index contributed by atoms with van der Waals surface area (Å²) >= 11 is 5.90. The lowest BCUT2D eigenvalue weighted by Gasteiger charge is -2.12. The second-order valence-electron chi connectivity index (χ2n) is 6.16. The Labute approximate surface area is 155 Å². The Kier molecular flexibility index (Phi) is 7.79. The van der Waals surface area contributed by atoms with E-state index in [4.69, 9.17) is 11.6 Å². The number of benzene rings is 1. The number of guanidine groups is 1. The predicted molar refractivity (Wildman–Crippen MR) is 105 cm³/mol. The first-order valence-electron chi connectivity index (χ1n) is 8.78. The summed E-state index contributed by atoms with van der Waals surface area (Å²) in [7, 11) is 1.80. The van der Waals surface area contributed by atoms with E-state index < -0.39 is 0 Å². The Morgan fingerprint density at radius 1 is 1.12 bits per heavy atom. The highest BCUT2D eigenvalue weighted by atomic mass is 35.5. The first-order valence-corrected chi connectivity index (χ1v) is 9.16. The Hall–Kier alpha value is -2.01. The van der Waals surface area contributed by atoms with E-state index in [1.807, 2.05) is 19.1 Å². The van der Waals surface area contributed by atoms with Gasteiger partial charge in [0.15, 0.2) is 5.96 Å². The predicted octanol–water partition coefficient (Wildman–Crippen LogP) is 3.34. The van der Waals surface area contributed by atoms with Gasteiger partial charge in [0, 0.05) is 37.4 Å². The fourth-order valence-electron chi connectivity index (χ4n) is 2.71. The Morgan fingerprint density at radius 3 is 2.40 bits per heavy atom. The van der Waals surface area contributed by atoms with Gasteiger partial charge in [0.25, 0.3) is 0 Å². The summed E-state index contributed by atoms with van der Waals surface area (Å²) in [5, 5.41) is 12.0. The largest absolute Gasteiger partial charge is 0.356 e. The van der Waals surface area contributed by atoms with Crippen LogP contribution < -0.4 is 10.6 Å². The van der Waals surface area contributed by atoms with Crippen LogP contribution in [0.3, 0.4) is 0 Å². The van der Waals surface area contributed by atoms with Crippen molar-refractivity contribution in [3.63, 3.8) is 0 Å². The second-order valence-corrected chi connectivity index (χ2v) is 6.60. The molecule has 0 unspecified atom stereocenters. The molecule has 136 valence electrons. The molecule has 0 bridgehead atoms. The number of rotatable bonds is 8. The summed E-state index contributed by atoms with van der Waals surface area (Å²) in [5.41, 5.74) is 3.59. The molecule has 0 fully saturated rings. The fourth-order valence-corrected chi connectivity index (χ4v) is 2.83. The van der Waals surface area contributed by atoms with Gasteiger partial charge < -0.3 is 10.6 Å². The van der Waals surface area contributed by atoms with E-state index in [0.29, 0.717) is 0 Å². The minimum Gasteiger partial charge on any atom is -0.356 e. The van der Waals surface area contributed by atoms with E-state index in [2.05, 4.69) is 50.5 Å². The number of aryl methyl sites for hydroxylation is 4. The van der Waals surface area contributed by atoms with Gasteiger partial charge in [-0.25, -0.2) is 0 Å². The smallest absolute Gasteiger partial charge is 0.190 e. The van der Waals surface area contributed by atoms with Crippen LogP contribution in [0.1, 0.15) is 29.8 Å². The Bertz CT molecular complexity index is 676. The Morgan fingerprint density at radius 2 is 1.80 bits per heavy atom. The van der Waals surface area contributed by atoms with Crippen LogP contribution in [0.2, 0.25) is 5.02 Å². The van der Waals surface area contributed by atoms with Crippen LogP contribution in [0, 0.1) is 13.8 Å². The third-order valence-corrected chi connectivity index (χ3v) is 4.27. The van der Waals surface area contributed by atoms with Crippen molar-refractivity contribution in [3.05, 3.63) is 52.3 Å². The first-order chi connectivity index (χ1) is 12.1. The van der Waals surface area contributed by atoms with E-state index >= 15 is 0 Å². The van der Waals surface area contributed by atoms with Crippen molar-refractivity contribution in [1.29, 1.82) is 0 Å². The Balaban J connectivity index is 1.60. The van der Waals surface area contributed by atoms with Gasteiger partial charge in [-0.05, 0) is 56.9 Å². The van der Waals surface area contributed by atoms with Crippen LogP contribution in [-0.4, -0.2) is 35.9 Å². The van der Waals surface area contributed by atoms with Gasteiger partial charge in [-0.15, -0.1) is 0 Å². The topological polar surface area (TPSA) is 54.2 Å². The normalized spacial score (nSPS) is 11.6. The van der Waals surface area contributed by atoms with Gasteiger partial charge >= 0.3 is 0 Å². The van der Waals surface area contributed by atoms with Crippen molar-refractivity contribution >= 4 is 17.6 Å². The molecule has 25 heavy (non-hydrogen) atoms. The summed E-state index contributed by atoms with van der Waals surface area (Å²) in [6.45, 7) is 6.79. The number of aliphatic imine (C=N–C) groups is 1. The van der Waals surface area contributed by atoms with E-state index in [1.54, 1.807) is 7.05 Å². The maximum Gasteiger partial charge on any atom is 0.190 e. The van der Waals surface area contributed by atoms with Crippen molar-refractivity contribution in [3.8, 4) is 0 Å². The number of halogens is 1. The maximum atomic E-state index is 5.90. The number of hydrogen-bond acceptors (Lipinski definition) is 2. The van der Waals surface area contributed by atoms with Crippen molar-refractivity contribution in [2.45, 2.75) is 39.7 Å². The minimum absolute atomic E-state index is 0.784. The van der Waals surface area contributed by atoms with Crippen LogP contribution in [0.4, 0.5) is 0 Å². The van der Waals surface area contributed by atoms with Gasteiger partial charge in [0.2, 0.25) is 0 Å². The zero-order valence-corrected chi connectivity index (χ0v) is 16.1. The van der Waals surface area contributed by atoms with Gasteiger partial charge in [0.1, 0.15) is 0 Å². The first kappa shape index (κ1) is 19.3. The van der Waals surface area contributed by atoms with Crippen LogP contribution in [0.15, 0.2) is 35.3 Å². The van der Waals surface area contributed by atoms with Gasteiger partial charge in [0.05, 0.1) is 5.69 Å². The van der Waals surface area contributed by atoms with Gasteiger partial charge in [-0.2, -0.15) is 5.10 Å². The van der Waals surface area contributed by atoms with Crippen molar-refractivity contribution < 1.29 is 0 Å². The average molecular weight is 362 g/mol. The van der Waals surface area contributed by atoms with E-state index in [-0.39, 0.29) is 0 Å². The van der Waals surface area contributed by atoms with Gasteiger partial charge in [-0.1, -0.05) is 23.7 Å². The van der Waals surface area contributed by atoms with Crippen LogP contribution in [0.25, 0.3) is 0 Å². The molecule has 1 aromatic heterocycles. The van der Waals surface area contributed by atoms with E-state index in [0.717, 1.165) is 55.6 Å². The summed E-state index contributed by atoms with van der Waals surface area (Å²) < 4.78 is 2.05. The standard InChI is InChI=1S/C19H28ClN5/c1-15-14-16(2)25(24-15)13-5-12-23-19(21-3)22-11-4-6-17-7-9-18(20)10-8-17/h7-10,14H,4-6,11-13H2,1-3H3,(H2,21,22,23). The zero-order valence-electron chi connectivity index (χ0n) is 15.3. The molecule has 2 aromatic rings. The summed E-state index contributed by atoms with van der Waals surface area (Å²) in [6, 6.07) is 10.1. The van der Waals surface area contributed by atoms with E-state index in [1.165, 1.54) is 11.3 Å². The quantitative estimate of drug-likeness (QED) is 0.430. The maximum absolute atomic E-state index is 5.90. The molecule has 5 nitrogen and oxygen atoms in total. The van der Waals surface area contributed by atoms with Crippen LogP contribution in [-0.2, 0) is 13.0 Å². The highest BCUT2D eigenvalue weighted by Crippen LogP contribution is 2.10. The molecule has 0 saturated carbocycles. The number of hydrogen-bond donors (Lipinski definition) is 2. The molecule has 6 heteroatoms. The molecule has 0 atom stereocenters. The minimum atomic E-state index is 0.784. The molecule has 0 radical (unpaired) electrons.